The molecular weight excluding hydrogens is 284 g/mol. The van der Waals surface area contributed by atoms with E-state index in [9.17, 15) is 0 Å². The molecule has 3 nitrogen and oxygen atoms in total. The van der Waals surface area contributed by atoms with E-state index in [1.54, 1.807) is 7.11 Å². The lowest BCUT2D eigenvalue weighted by Crippen LogP contribution is -2.21. The van der Waals surface area contributed by atoms with Crippen molar-refractivity contribution < 1.29 is 4.74 Å². The number of nitriles is 1. The Balaban J connectivity index is 2.03. The normalized spacial score (nSPS) is 11.7. The van der Waals surface area contributed by atoms with Crippen LogP contribution in [0.3, 0.4) is 0 Å². The van der Waals surface area contributed by atoms with Crippen molar-refractivity contribution in [3.63, 3.8) is 0 Å². The average molecular weight is 308 g/mol. The van der Waals surface area contributed by atoms with Crippen LogP contribution >= 0.6 is 0 Å². The van der Waals surface area contributed by atoms with E-state index < -0.39 is 0 Å². The first-order valence-electron chi connectivity index (χ1n) is 8.13. The van der Waals surface area contributed by atoms with Gasteiger partial charge in [0.15, 0.2) is 0 Å². The van der Waals surface area contributed by atoms with E-state index in [0.717, 1.165) is 18.7 Å². The first kappa shape index (κ1) is 17.1. The van der Waals surface area contributed by atoms with E-state index in [2.05, 4.69) is 30.4 Å². The Kier molecular flexibility index (Phi) is 6.65. The molecule has 1 N–H and O–H groups in total. The van der Waals surface area contributed by atoms with Gasteiger partial charge in [0.25, 0.3) is 0 Å². The van der Waals surface area contributed by atoms with Crippen molar-refractivity contribution in [1.82, 2.24) is 5.32 Å². The molecule has 0 spiro atoms. The smallest absolute Gasteiger partial charge is 0.118 e. The molecule has 2 aromatic rings. The lowest BCUT2D eigenvalue weighted by atomic mass is 10.0. The van der Waals surface area contributed by atoms with Crippen molar-refractivity contribution in [2.75, 3.05) is 7.11 Å². The van der Waals surface area contributed by atoms with Gasteiger partial charge in [0.05, 0.1) is 18.7 Å². The fourth-order valence-electron chi connectivity index (χ4n) is 2.57. The third kappa shape index (κ3) is 5.12. The minimum Gasteiger partial charge on any atom is -0.497 e. The van der Waals surface area contributed by atoms with Gasteiger partial charge in [-0.2, -0.15) is 5.26 Å². The lowest BCUT2D eigenvalue weighted by Gasteiger charge is -2.19. The molecule has 0 saturated heterocycles. The zero-order valence-corrected chi connectivity index (χ0v) is 13.9. The third-order valence-electron chi connectivity index (χ3n) is 4.00. The molecular formula is C20H24N2O. The van der Waals surface area contributed by atoms with Gasteiger partial charge in [-0.05, 0) is 41.8 Å². The second kappa shape index (κ2) is 8.97. The van der Waals surface area contributed by atoms with Crippen LogP contribution in [0, 0.1) is 11.3 Å². The summed E-state index contributed by atoms with van der Waals surface area (Å²) in [5, 5.41) is 12.5. The van der Waals surface area contributed by atoms with Crippen LogP contribution in [0.1, 0.15) is 48.9 Å². The van der Waals surface area contributed by atoms with Crippen LogP contribution in [0.5, 0.6) is 5.75 Å². The fourth-order valence-corrected chi connectivity index (χ4v) is 2.57. The summed E-state index contributed by atoms with van der Waals surface area (Å²) in [6.45, 7) is 3.01. The monoisotopic (exact) mass is 308 g/mol. The largest absolute Gasteiger partial charge is 0.497 e. The summed E-state index contributed by atoms with van der Waals surface area (Å²) < 4.78 is 5.23. The van der Waals surface area contributed by atoms with Gasteiger partial charge in [-0.3, -0.25) is 0 Å². The summed E-state index contributed by atoms with van der Waals surface area (Å²) in [6, 6.07) is 18.5. The molecule has 0 bridgehead atoms. The summed E-state index contributed by atoms with van der Waals surface area (Å²) in [4.78, 5) is 0. The molecule has 0 amide bonds. The van der Waals surface area contributed by atoms with Crippen molar-refractivity contribution in [2.24, 2.45) is 0 Å². The molecule has 120 valence electrons. The second-order valence-electron chi connectivity index (χ2n) is 5.66. The molecule has 0 aliphatic rings. The molecule has 23 heavy (non-hydrogen) atoms. The Morgan fingerprint density at radius 3 is 2.35 bits per heavy atom. The summed E-state index contributed by atoms with van der Waals surface area (Å²) >= 11 is 0. The van der Waals surface area contributed by atoms with Crippen LogP contribution in [0.25, 0.3) is 0 Å². The Bertz CT molecular complexity index is 626. The minimum atomic E-state index is 0.330. The minimum absolute atomic E-state index is 0.330. The fraction of sp³-hybridized carbons (Fsp3) is 0.350. The van der Waals surface area contributed by atoms with Gasteiger partial charge in [-0.1, -0.05) is 44.0 Å². The number of hydrogen-bond donors (Lipinski definition) is 1. The van der Waals surface area contributed by atoms with Crippen LogP contribution in [0.15, 0.2) is 48.5 Å². The van der Waals surface area contributed by atoms with Gasteiger partial charge in [-0.25, -0.2) is 0 Å². The van der Waals surface area contributed by atoms with Gasteiger partial charge < -0.3 is 10.1 Å². The maximum atomic E-state index is 8.86. The van der Waals surface area contributed by atoms with Crippen molar-refractivity contribution in [1.29, 1.82) is 5.26 Å². The number of methoxy groups -OCH3 is 1. The van der Waals surface area contributed by atoms with E-state index >= 15 is 0 Å². The van der Waals surface area contributed by atoms with Crippen LogP contribution in [0.2, 0.25) is 0 Å². The van der Waals surface area contributed by atoms with Crippen molar-refractivity contribution in [2.45, 2.75) is 38.8 Å². The number of nitrogens with one attached hydrogen (secondary N) is 1. The maximum absolute atomic E-state index is 8.86. The standard InChI is InChI=1S/C20H24N2O/c1-3-4-5-20(18-10-12-19(23-2)13-11-18)22-15-17-8-6-16(14-21)7-9-17/h6-13,20,22H,3-5,15H2,1-2H3. The molecule has 1 unspecified atom stereocenters. The summed E-state index contributed by atoms with van der Waals surface area (Å²) in [6.07, 6.45) is 3.49. The highest BCUT2D eigenvalue weighted by atomic mass is 16.5. The molecule has 0 aromatic heterocycles. The predicted molar refractivity (Wildman–Crippen MR) is 93.3 cm³/mol. The maximum Gasteiger partial charge on any atom is 0.118 e. The highest BCUT2D eigenvalue weighted by molar-refractivity contribution is 5.32. The van der Waals surface area contributed by atoms with E-state index in [1.165, 1.54) is 24.0 Å². The van der Waals surface area contributed by atoms with E-state index in [0.29, 0.717) is 11.6 Å². The number of nitrogens with zero attached hydrogens (tertiary/aromatic N) is 1. The van der Waals surface area contributed by atoms with Gasteiger partial charge >= 0.3 is 0 Å². The summed E-state index contributed by atoms with van der Waals surface area (Å²) in [5.74, 6) is 0.884. The number of unbranched alkanes of at least 4 members (excludes halogenated alkanes) is 1. The summed E-state index contributed by atoms with van der Waals surface area (Å²) in [5.41, 5.74) is 3.18. The highest BCUT2D eigenvalue weighted by Gasteiger charge is 2.10. The first-order valence-corrected chi connectivity index (χ1v) is 8.13. The van der Waals surface area contributed by atoms with Crippen LogP contribution in [0.4, 0.5) is 0 Å². The van der Waals surface area contributed by atoms with E-state index in [1.807, 2.05) is 36.4 Å². The zero-order chi connectivity index (χ0) is 16.5. The third-order valence-corrected chi connectivity index (χ3v) is 4.00. The van der Waals surface area contributed by atoms with Gasteiger partial charge in [0.1, 0.15) is 5.75 Å². The zero-order valence-electron chi connectivity index (χ0n) is 13.9. The van der Waals surface area contributed by atoms with Crippen LogP contribution in [-0.2, 0) is 6.54 Å². The van der Waals surface area contributed by atoms with Crippen LogP contribution in [-0.4, -0.2) is 7.11 Å². The highest BCUT2D eigenvalue weighted by Crippen LogP contribution is 2.22. The molecule has 0 fully saturated rings. The van der Waals surface area contributed by atoms with Crippen LogP contribution < -0.4 is 10.1 Å². The predicted octanol–water partition coefficient (Wildman–Crippen LogP) is 4.59. The molecule has 2 rings (SSSR count). The molecule has 2 aromatic carbocycles. The molecule has 3 heteroatoms. The second-order valence-corrected chi connectivity index (χ2v) is 5.66. The van der Waals surface area contributed by atoms with Crippen molar-refractivity contribution in [3.05, 3.63) is 65.2 Å². The molecule has 0 saturated carbocycles. The first-order chi connectivity index (χ1) is 11.3. The number of benzene rings is 2. The van der Waals surface area contributed by atoms with E-state index in [4.69, 9.17) is 10.00 Å². The van der Waals surface area contributed by atoms with Crippen molar-refractivity contribution in [3.8, 4) is 11.8 Å². The Morgan fingerprint density at radius 2 is 1.78 bits per heavy atom. The molecule has 0 aliphatic heterocycles. The number of ether oxygens (including phenoxy) is 1. The van der Waals surface area contributed by atoms with Gasteiger partial charge in [0, 0.05) is 12.6 Å². The van der Waals surface area contributed by atoms with E-state index in [-0.39, 0.29) is 0 Å². The summed E-state index contributed by atoms with van der Waals surface area (Å²) in [7, 11) is 1.69. The SMILES string of the molecule is CCCCC(NCc1ccc(C#N)cc1)c1ccc(OC)cc1. The molecule has 0 radical (unpaired) electrons. The molecule has 0 heterocycles. The van der Waals surface area contributed by atoms with Gasteiger partial charge in [0.2, 0.25) is 0 Å². The quantitative estimate of drug-likeness (QED) is 0.776. The topological polar surface area (TPSA) is 45.0 Å². The molecule has 1 atom stereocenters. The number of hydrogen-bond acceptors (Lipinski definition) is 3. The Hall–Kier alpha value is -2.31. The lowest BCUT2D eigenvalue weighted by molar-refractivity contribution is 0.414. The molecule has 0 aliphatic carbocycles. The van der Waals surface area contributed by atoms with Gasteiger partial charge in [-0.15, -0.1) is 0 Å². The van der Waals surface area contributed by atoms with Crippen molar-refractivity contribution >= 4 is 0 Å². The Labute approximate surface area is 138 Å². The average Bonchev–Trinajstić information content (AvgIpc) is 2.62. The number of rotatable bonds is 8. The Morgan fingerprint density at radius 1 is 1.09 bits per heavy atom.